The number of para-hydroxylation sites is 2. The van der Waals surface area contributed by atoms with E-state index in [1.165, 1.54) is 92.7 Å². The summed E-state index contributed by atoms with van der Waals surface area (Å²) in [6.45, 7) is 2.15. The molecular formula is C50H34N2O. The monoisotopic (exact) mass is 678 g/mol. The Morgan fingerprint density at radius 1 is 0.396 bits per heavy atom. The molecule has 0 aliphatic heterocycles. The van der Waals surface area contributed by atoms with Gasteiger partial charge in [0.2, 0.25) is 0 Å². The maximum atomic E-state index is 5.56. The summed E-state index contributed by atoms with van der Waals surface area (Å²) in [5.41, 5.74) is 10.8. The summed E-state index contributed by atoms with van der Waals surface area (Å²) in [5, 5.41) is 12.5. The van der Waals surface area contributed by atoms with E-state index in [1.807, 2.05) is 0 Å². The third-order valence-electron chi connectivity index (χ3n) is 11.3. The SMILES string of the molecule is COc1ccc(-c2ccc(-n3c4ccccc4c4c3ccc3c5ccccc5n(-c5ccc(C)cc5)c34)c3c4ccccc4c4ccccc4c23)cc1. The third-order valence-corrected chi connectivity index (χ3v) is 11.3. The number of aromatic nitrogens is 2. The second kappa shape index (κ2) is 11.3. The minimum atomic E-state index is 0.852. The Balaban J connectivity index is 1.34. The molecule has 0 amide bonds. The Hall–Kier alpha value is -6.84. The molecule has 0 unspecified atom stereocenters. The molecule has 0 aliphatic carbocycles. The van der Waals surface area contributed by atoms with Gasteiger partial charge in [0.05, 0.1) is 34.9 Å². The molecule has 0 atom stereocenters. The number of aryl methyl sites for hydroxylation is 1. The molecule has 11 rings (SSSR count). The zero-order valence-corrected chi connectivity index (χ0v) is 29.5. The lowest BCUT2D eigenvalue weighted by atomic mass is 9.88. The van der Waals surface area contributed by atoms with E-state index in [1.54, 1.807) is 7.11 Å². The standard InChI is InChI=1S/C50H34N2O/c1-31-19-23-33(24-20-31)51-43-17-9-7-13-38(43)41-28-30-46-49(50(41)51)42-16-8-10-18-44(42)52(46)45-29-27-35(32-21-25-34(53-2)26-22-32)47-39-14-5-3-11-36(39)37-12-4-6-15-40(37)48(45)47/h3-30H,1-2H3. The highest BCUT2D eigenvalue weighted by atomic mass is 16.5. The highest BCUT2D eigenvalue weighted by Crippen LogP contribution is 2.47. The maximum Gasteiger partial charge on any atom is 0.118 e. The first-order valence-corrected chi connectivity index (χ1v) is 18.2. The van der Waals surface area contributed by atoms with Crippen molar-refractivity contribution < 1.29 is 4.74 Å². The number of hydrogen-bond donors (Lipinski definition) is 0. The highest BCUT2D eigenvalue weighted by Gasteiger charge is 2.23. The van der Waals surface area contributed by atoms with Crippen molar-refractivity contribution in [2.45, 2.75) is 6.92 Å². The summed E-state index contributed by atoms with van der Waals surface area (Å²) in [6, 6.07) is 62.3. The zero-order chi connectivity index (χ0) is 35.2. The minimum Gasteiger partial charge on any atom is -0.497 e. The van der Waals surface area contributed by atoms with E-state index in [2.05, 4.69) is 186 Å². The minimum absolute atomic E-state index is 0.852. The lowest BCUT2D eigenvalue weighted by Gasteiger charge is -2.19. The second-order valence-electron chi connectivity index (χ2n) is 14.1. The fraction of sp³-hybridized carbons (Fsp3) is 0.0400. The fourth-order valence-corrected chi connectivity index (χ4v) is 8.94. The van der Waals surface area contributed by atoms with Crippen LogP contribution in [0.25, 0.3) is 98.4 Å². The molecule has 0 spiro atoms. The molecule has 0 saturated heterocycles. The average Bonchev–Trinajstić information content (AvgIpc) is 3.74. The van der Waals surface area contributed by atoms with Crippen molar-refractivity contribution >= 4 is 75.9 Å². The predicted octanol–water partition coefficient (Wildman–Crippen LogP) is 13.3. The molecule has 250 valence electrons. The van der Waals surface area contributed by atoms with Gasteiger partial charge in [-0.1, -0.05) is 127 Å². The van der Waals surface area contributed by atoms with Crippen LogP contribution in [0, 0.1) is 6.92 Å². The Bertz CT molecular complexity index is 3250. The molecule has 2 aromatic heterocycles. The normalized spacial score (nSPS) is 12.0. The first kappa shape index (κ1) is 29.8. The number of ether oxygens (including phenoxy) is 1. The van der Waals surface area contributed by atoms with Crippen LogP contribution in [0.4, 0.5) is 0 Å². The summed E-state index contributed by atoms with van der Waals surface area (Å²) >= 11 is 0. The van der Waals surface area contributed by atoms with Gasteiger partial charge in [0.25, 0.3) is 0 Å². The van der Waals surface area contributed by atoms with E-state index in [9.17, 15) is 0 Å². The molecular weight excluding hydrogens is 645 g/mol. The number of methoxy groups -OCH3 is 1. The number of benzene rings is 9. The van der Waals surface area contributed by atoms with E-state index in [-0.39, 0.29) is 0 Å². The maximum absolute atomic E-state index is 5.56. The van der Waals surface area contributed by atoms with Crippen LogP contribution in [-0.2, 0) is 0 Å². The van der Waals surface area contributed by atoms with Crippen molar-refractivity contribution in [3.63, 3.8) is 0 Å². The highest BCUT2D eigenvalue weighted by molar-refractivity contribution is 6.32. The number of fused-ring (bicyclic) bond motifs is 13. The molecule has 3 heteroatoms. The second-order valence-corrected chi connectivity index (χ2v) is 14.1. The molecule has 2 heterocycles. The van der Waals surface area contributed by atoms with E-state index >= 15 is 0 Å². The van der Waals surface area contributed by atoms with Crippen LogP contribution >= 0.6 is 0 Å². The predicted molar refractivity (Wildman–Crippen MR) is 224 cm³/mol. The van der Waals surface area contributed by atoms with Crippen LogP contribution in [-0.4, -0.2) is 16.2 Å². The van der Waals surface area contributed by atoms with Crippen molar-refractivity contribution in [3.05, 3.63) is 175 Å². The summed E-state index contributed by atoms with van der Waals surface area (Å²) in [4.78, 5) is 0. The Labute approximate surface area is 306 Å². The zero-order valence-electron chi connectivity index (χ0n) is 29.5. The summed E-state index contributed by atoms with van der Waals surface area (Å²) in [5.74, 6) is 0.852. The van der Waals surface area contributed by atoms with Crippen LogP contribution < -0.4 is 4.74 Å². The van der Waals surface area contributed by atoms with E-state index in [4.69, 9.17) is 4.74 Å². The van der Waals surface area contributed by atoms with Gasteiger partial charge in [0.1, 0.15) is 5.75 Å². The van der Waals surface area contributed by atoms with E-state index < -0.39 is 0 Å². The third kappa shape index (κ3) is 4.22. The topological polar surface area (TPSA) is 19.1 Å². The van der Waals surface area contributed by atoms with Crippen molar-refractivity contribution in [1.29, 1.82) is 0 Å². The number of hydrogen-bond acceptors (Lipinski definition) is 1. The van der Waals surface area contributed by atoms with E-state index in [0.717, 1.165) is 17.0 Å². The van der Waals surface area contributed by atoms with Crippen molar-refractivity contribution in [2.24, 2.45) is 0 Å². The van der Waals surface area contributed by atoms with Gasteiger partial charge in [-0.15, -0.1) is 0 Å². The Kier molecular flexibility index (Phi) is 6.38. The smallest absolute Gasteiger partial charge is 0.118 e. The quantitative estimate of drug-likeness (QED) is 0.170. The molecule has 0 bridgehead atoms. The average molecular weight is 679 g/mol. The number of nitrogens with zero attached hydrogens (tertiary/aromatic N) is 2. The van der Waals surface area contributed by atoms with E-state index in [0.29, 0.717) is 0 Å². The fourth-order valence-electron chi connectivity index (χ4n) is 8.94. The van der Waals surface area contributed by atoms with Gasteiger partial charge >= 0.3 is 0 Å². The molecule has 0 radical (unpaired) electrons. The summed E-state index contributed by atoms with van der Waals surface area (Å²) in [7, 11) is 1.72. The lowest BCUT2D eigenvalue weighted by molar-refractivity contribution is 0.415. The first-order valence-electron chi connectivity index (χ1n) is 18.2. The molecule has 0 N–H and O–H groups in total. The summed E-state index contributed by atoms with van der Waals surface area (Å²) in [6.07, 6.45) is 0. The Morgan fingerprint density at radius 2 is 0.981 bits per heavy atom. The molecule has 0 saturated carbocycles. The van der Waals surface area contributed by atoms with Crippen LogP contribution in [0.3, 0.4) is 0 Å². The van der Waals surface area contributed by atoms with Gasteiger partial charge in [-0.25, -0.2) is 0 Å². The largest absolute Gasteiger partial charge is 0.497 e. The Morgan fingerprint density at radius 3 is 1.66 bits per heavy atom. The molecule has 0 fully saturated rings. The molecule has 53 heavy (non-hydrogen) atoms. The van der Waals surface area contributed by atoms with Crippen molar-refractivity contribution in [2.75, 3.05) is 7.11 Å². The van der Waals surface area contributed by atoms with Crippen LogP contribution in [0.1, 0.15) is 5.56 Å². The van der Waals surface area contributed by atoms with Gasteiger partial charge in [-0.3, -0.25) is 0 Å². The molecule has 9 aromatic carbocycles. The van der Waals surface area contributed by atoms with Gasteiger partial charge in [-0.05, 0) is 88.1 Å². The first-order chi connectivity index (χ1) is 26.2. The van der Waals surface area contributed by atoms with Gasteiger partial charge in [0, 0.05) is 38.0 Å². The van der Waals surface area contributed by atoms with Crippen molar-refractivity contribution in [1.82, 2.24) is 9.13 Å². The van der Waals surface area contributed by atoms with Crippen LogP contribution in [0.2, 0.25) is 0 Å². The van der Waals surface area contributed by atoms with Gasteiger partial charge in [0.15, 0.2) is 0 Å². The van der Waals surface area contributed by atoms with Gasteiger partial charge in [-0.2, -0.15) is 0 Å². The van der Waals surface area contributed by atoms with Gasteiger partial charge < -0.3 is 13.9 Å². The summed E-state index contributed by atoms with van der Waals surface area (Å²) < 4.78 is 10.5. The molecule has 11 aromatic rings. The number of rotatable bonds is 4. The van der Waals surface area contributed by atoms with Crippen LogP contribution in [0.15, 0.2) is 170 Å². The molecule has 0 aliphatic rings. The molecule has 3 nitrogen and oxygen atoms in total. The lowest BCUT2D eigenvalue weighted by Crippen LogP contribution is -1.98. The van der Waals surface area contributed by atoms with Crippen LogP contribution in [0.5, 0.6) is 5.75 Å². The van der Waals surface area contributed by atoms with Crippen molar-refractivity contribution in [3.8, 4) is 28.3 Å².